The Bertz CT molecular complexity index is 411. The van der Waals surface area contributed by atoms with Gasteiger partial charge in [-0.3, -0.25) is 0 Å². The maximum absolute atomic E-state index is 9.41. The number of aliphatic hydroxyl groups excluding tert-OH is 1. The van der Waals surface area contributed by atoms with E-state index in [0.29, 0.717) is 10.9 Å². The van der Waals surface area contributed by atoms with E-state index in [1.807, 2.05) is 32.0 Å². The number of hydrogen-bond donors (Lipinski definition) is 1. The summed E-state index contributed by atoms with van der Waals surface area (Å²) in [6.45, 7) is 4.86. The highest BCUT2D eigenvalue weighted by molar-refractivity contribution is 6.30. The molecular weight excluding hydrogens is 248 g/mol. The molecule has 0 spiro atoms. The number of ether oxygens (including phenoxy) is 1. The van der Waals surface area contributed by atoms with Gasteiger partial charge in [0.2, 0.25) is 0 Å². The Kier molecular flexibility index (Phi) is 4.18. The zero-order valence-corrected chi connectivity index (χ0v) is 11.8. The molecule has 0 radical (unpaired) electrons. The summed E-state index contributed by atoms with van der Waals surface area (Å²) in [5.74, 6) is 1.52. The van der Waals surface area contributed by atoms with E-state index in [1.54, 1.807) is 0 Å². The predicted octanol–water partition coefficient (Wildman–Crippen LogP) is 3.79. The van der Waals surface area contributed by atoms with Crippen molar-refractivity contribution in [2.24, 2.45) is 5.92 Å². The van der Waals surface area contributed by atoms with Crippen molar-refractivity contribution >= 4 is 11.6 Å². The van der Waals surface area contributed by atoms with E-state index in [9.17, 15) is 5.11 Å². The molecule has 100 valence electrons. The molecule has 0 aliphatic heterocycles. The molecule has 2 rings (SSSR count). The van der Waals surface area contributed by atoms with Crippen LogP contribution in [0.5, 0.6) is 5.75 Å². The number of benzene rings is 1. The molecular formula is C15H21ClO2. The van der Waals surface area contributed by atoms with Gasteiger partial charge in [0.05, 0.1) is 13.2 Å². The normalized spacial score (nSPS) is 16.4. The molecule has 0 aromatic heterocycles. The fourth-order valence-corrected chi connectivity index (χ4v) is 2.23. The maximum Gasteiger partial charge on any atom is 0.121 e. The molecule has 3 heteroatoms. The lowest BCUT2D eigenvalue weighted by molar-refractivity contribution is 0.180. The van der Waals surface area contributed by atoms with Gasteiger partial charge >= 0.3 is 0 Å². The molecule has 1 fully saturated rings. The van der Waals surface area contributed by atoms with Gasteiger partial charge in [-0.15, -0.1) is 0 Å². The van der Waals surface area contributed by atoms with E-state index in [-0.39, 0.29) is 12.0 Å². The Labute approximate surface area is 114 Å². The van der Waals surface area contributed by atoms with E-state index in [4.69, 9.17) is 16.3 Å². The monoisotopic (exact) mass is 268 g/mol. The summed E-state index contributed by atoms with van der Waals surface area (Å²) in [4.78, 5) is 0. The largest absolute Gasteiger partial charge is 0.493 e. The summed E-state index contributed by atoms with van der Waals surface area (Å²) in [6.07, 6.45) is 3.87. The number of hydrogen-bond acceptors (Lipinski definition) is 2. The molecule has 0 saturated heterocycles. The standard InChI is InChI=1S/C15H21ClO2/c1-15(2,10-17)12-6-13(16)8-14(7-12)18-9-11-4-3-5-11/h6-8,11,17H,3-5,9-10H2,1-2H3. The lowest BCUT2D eigenvalue weighted by Gasteiger charge is -2.26. The SMILES string of the molecule is CC(C)(CO)c1cc(Cl)cc(OCC2CCC2)c1. The zero-order valence-electron chi connectivity index (χ0n) is 11.1. The topological polar surface area (TPSA) is 29.5 Å². The van der Waals surface area contributed by atoms with Crippen LogP contribution in [0.15, 0.2) is 18.2 Å². The molecule has 0 atom stereocenters. The molecule has 2 nitrogen and oxygen atoms in total. The Balaban J connectivity index is 2.10. The van der Waals surface area contributed by atoms with E-state index in [0.717, 1.165) is 17.9 Å². The fourth-order valence-electron chi connectivity index (χ4n) is 2.00. The molecule has 0 bridgehead atoms. The van der Waals surface area contributed by atoms with Crippen molar-refractivity contribution in [2.45, 2.75) is 38.5 Å². The summed E-state index contributed by atoms with van der Waals surface area (Å²) in [5, 5.41) is 10.1. The van der Waals surface area contributed by atoms with Crippen LogP contribution in [0.3, 0.4) is 0 Å². The summed E-state index contributed by atoms with van der Waals surface area (Å²) in [5.41, 5.74) is 0.723. The van der Waals surface area contributed by atoms with Crippen LogP contribution in [-0.4, -0.2) is 18.3 Å². The van der Waals surface area contributed by atoms with Gasteiger partial charge in [-0.2, -0.15) is 0 Å². The van der Waals surface area contributed by atoms with Crippen LogP contribution in [0.2, 0.25) is 5.02 Å². The summed E-state index contributed by atoms with van der Waals surface area (Å²) < 4.78 is 5.80. The van der Waals surface area contributed by atoms with E-state index in [1.165, 1.54) is 19.3 Å². The van der Waals surface area contributed by atoms with Gasteiger partial charge in [0.1, 0.15) is 5.75 Å². The molecule has 1 saturated carbocycles. The van der Waals surface area contributed by atoms with Gasteiger partial charge in [-0.25, -0.2) is 0 Å². The van der Waals surface area contributed by atoms with Crippen molar-refractivity contribution < 1.29 is 9.84 Å². The Morgan fingerprint density at radius 2 is 2.06 bits per heavy atom. The van der Waals surface area contributed by atoms with E-state index >= 15 is 0 Å². The first-order valence-corrected chi connectivity index (χ1v) is 6.94. The first-order chi connectivity index (χ1) is 8.51. The van der Waals surface area contributed by atoms with Crippen LogP contribution in [0, 0.1) is 5.92 Å². The average molecular weight is 269 g/mol. The number of halogens is 1. The first kappa shape index (κ1) is 13.7. The Morgan fingerprint density at radius 1 is 1.33 bits per heavy atom. The minimum atomic E-state index is -0.292. The van der Waals surface area contributed by atoms with Gasteiger partial charge in [0.25, 0.3) is 0 Å². The lowest BCUT2D eigenvalue weighted by Crippen LogP contribution is -2.22. The van der Waals surface area contributed by atoms with Crippen molar-refractivity contribution in [3.8, 4) is 5.75 Å². The molecule has 1 aliphatic carbocycles. The third-order valence-corrected chi connectivity index (χ3v) is 3.98. The molecule has 0 unspecified atom stereocenters. The second kappa shape index (κ2) is 5.50. The second-order valence-corrected chi connectivity index (χ2v) is 6.26. The molecule has 0 heterocycles. The molecule has 1 aliphatic rings. The van der Waals surface area contributed by atoms with E-state index in [2.05, 4.69) is 0 Å². The second-order valence-electron chi connectivity index (χ2n) is 5.83. The first-order valence-electron chi connectivity index (χ1n) is 6.56. The third kappa shape index (κ3) is 3.18. The molecule has 0 amide bonds. The zero-order chi connectivity index (χ0) is 13.2. The van der Waals surface area contributed by atoms with Crippen molar-refractivity contribution in [3.63, 3.8) is 0 Å². The summed E-state index contributed by atoms with van der Waals surface area (Å²) >= 11 is 6.11. The smallest absolute Gasteiger partial charge is 0.121 e. The summed E-state index contributed by atoms with van der Waals surface area (Å²) in [6, 6.07) is 5.73. The lowest BCUT2D eigenvalue weighted by atomic mass is 9.85. The van der Waals surface area contributed by atoms with Crippen molar-refractivity contribution in [2.75, 3.05) is 13.2 Å². The van der Waals surface area contributed by atoms with Crippen molar-refractivity contribution in [1.82, 2.24) is 0 Å². The highest BCUT2D eigenvalue weighted by Crippen LogP contribution is 2.31. The van der Waals surface area contributed by atoms with Crippen LogP contribution in [0.4, 0.5) is 0 Å². The van der Waals surface area contributed by atoms with Gasteiger partial charge in [0.15, 0.2) is 0 Å². The molecule has 18 heavy (non-hydrogen) atoms. The third-order valence-electron chi connectivity index (χ3n) is 3.76. The van der Waals surface area contributed by atoms with Crippen LogP contribution in [0.1, 0.15) is 38.7 Å². The van der Waals surface area contributed by atoms with Gasteiger partial charge in [-0.05, 0) is 42.5 Å². The number of rotatable bonds is 5. The minimum Gasteiger partial charge on any atom is -0.493 e. The van der Waals surface area contributed by atoms with Crippen LogP contribution in [0.25, 0.3) is 0 Å². The Morgan fingerprint density at radius 3 is 2.61 bits per heavy atom. The fraction of sp³-hybridized carbons (Fsp3) is 0.600. The predicted molar refractivity (Wildman–Crippen MR) is 74.4 cm³/mol. The quantitative estimate of drug-likeness (QED) is 0.880. The molecule has 1 aromatic carbocycles. The Hall–Kier alpha value is -0.730. The van der Waals surface area contributed by atoms with Crippen LogP contribution >= 0.6 is 11.6 Å². The van der Waals surface area contributed by atoms with Crippen molar-refractivity contribution in [3.05, 3.63) is 28.8 Å². The minimum absolute atomic E-state index is 0.0927. The van der Waals surface area contributed by atoms with Gasteiger partial charge in [-0.1, -0.05) is 31.9 Å². The maximum atomic E-state index is 9.41. The molecule has 1 aromatic rings. The van der Waals surface area contributed by atoms with Crippen molar-refractivity contribution in [1.29, 1.82) is 0 Å². The highest BCUT2D eigenvalue weighted by atomic mass is 35.5. The van der Waals surface area contributed by atoms with Crippen LogP contribution in [-0.2, 0) is 5.41 Å². The van der Waals surface area contributed by atoms with E-state index < -0.39 is 0 Å². The summed E-state index contributed by atoms with van der Waals surface area (Å²) in [7, 11) is 0. The molecule has 1 N–H and O–H groups in total. The van der Waals surface area contributed by atoms with Gasteiger partial charge in [0, 0.05) is 10.4 Å². The average Bonchev–Trinajstić information content (AvgIpc) is 2.26. The highest BCUT2D eigenvalue weighted by Gasteiger charge is 2.22. The van der Waals surface area contributed by atoms with Crippen LogP contribution < -0.4 is 4.74 Å². The number of aliphatic hydroxyl groups is 1. The van der Waals surface area contributed by atoms with Gasteiger partial charge < -0.3 is 9.84 Å².